The van der Waals surface area contributed by atoms with Gasteiger partial charge in [0.1, 0.15) is 6.04 Å². The lowest BCUT2D eigenvalue weighted by Crippen LogP contribution is -2.29. The predicted octanol–water partition coefficient (Wildman–Crippen LogP) is 2.40. The SMILES string of the molecule is N#CC(NCC1CCCO1)c1cc(Cl)c2c(c1)OCO2. The van der Waals surface area contributed by atoms with Gasteiger partial charge in [0.05, 0.1) is 17.2 Å². The molecule has 0 bridgehead atoms. The molecule has 0 radical (unpaired) electrons. The number of hydrogen-bond acceptors (Lipinski definition) is 5. The third-order valence-corrected chi connectivity index (χ3v) is 3.77. The normalized spacial score (nSPS) is 21.7. The second-order valence-corrected chi connectivity index (χ2v) is 5.25. The Morgan fingerprint density at radius 1 is 1.45 bits per heavy atom. The van der Waals surface area contributed by atoms with Crippen molar-refractivity contribution in [3.8, 4) is 17.6 Å². The number of benzene rings is 1. The van der Waals surface area contributed by atoms with Crippen LogP contribution in [0.2, 0.25) is 5.02 Å². The molecule has 5 nitrogen and oxygen atoms in total. The van der Waals surface area contributed by atoms with Crippen LogP contribution < -0.4 is 14.8 Å². The van der Waals surface area contributed by atoms with Gasteiger partial charge in [0.2, 0.25) is 6.79 Å². The van der Waals surface area contributed by atoms with Gasteiger partial charge in [0, 0.05) is 13.2 Å². The van der Waals surface area contributed by atoms with Gasteiger partial charge in [-0.2, -0.15) is 5.26 Å². The summed E-state index contributed by atoms with van der Waals surface area (Å²) in [6, 6.07) is 5.34. The molecule has 1 aromatic rings. The Morgan fingerprint density at radius 2 is 2.35 bits per heavy atom. The number of fused-ring (bicyclic) bond motifs is 1. The number of rotatable bonds is 4. The van der Waals surface area contributed by atoms with E-state index in [0.29, 0.717) is 23.1 Å². The Hall–Kier alpha value is -1.48. The topological polar surface area (TPSA) is 63.5 Å². The van der Waals surface area contributed by atoms with E-state index in [1.807, 2.05) is 0 Å². The lowest BCUT2D eigenvalue weighted by molar-refractivity contribution is 0.109. The van der Waals surface area contributed by atoms with Gasteiger partial charge < -0.3 is 14.2 Å². The third-order valence-electron chi connectivity index (χ3n) is 3.49. The van der Waals surface area contributed by atoms with Crippen molar-refractivity contribution < 1.29 is 14.2 Å². The van der Waals surface area contributed by atoms with Crippen LogP contribution in [-0.4, -0.2) is 26.0 Å². The van der Waals surface area contributed by atoms with Crippen molar-refractivity contribution in [3.63, 3.8) is 0 Å². The van der Waals surface area contributed by atoms with Crippen LogP contribution in [0.3, 0.4) is 0 Å². The molecule has 0 amide bonds. The maximum Gasteiger partial charge on any atom is 0.231 e. The second-order valence-electron chi connectivity index (χ2n) is 4.84. The van der Waals surface area contributed by atoms with Gasteiger partial charge >= 0.3 is 0 Å². The molecule has 1 aromatic carbocycles. The molecule has 6 heteroatoms. The fourth-order valence-electron chi connectivity index (χ4n) is 2.45. The van der Waals surface area contributed by atoms with E-state index in [1.54, 1.807) is 12.1 Å². The first-order valence-corrected chi connectivity index (χ1v) is 6.99. The molecule has 20 heavy (non-hydrogen) atoms. The van der Waals surface area contributed by atoms with Gasteiger partial charge in [0.15, 0.2) is 11.5 Å². The van der Waals surface area contributed by atoms with Crippen molar-refractivity contribution >= 4 is 11.6 Å². The van der Waals surface area contributed by atoms with Gasteiger partial charge in [-0.05, 0) is 30.5 Å². The molecule has 0 saturated carbocycles. The summed E-state index contributed by atoms with van der Waals surface area (Å²) in [7, 11) is 0. The highest BCUT2D eigenvalue weighted by Gasteiger charge is 2.23. The summed E-state index contributed by atoms with van der Waals surface area (Å²) >= 11 is 6.14. The van der Waals surface area contributed by atoms with Crippen molar-refractivity contribution in [2.24, 2.45) is 0 Å². The maximum absolute atomic E-state index is 9.32. The Kier molecular flexibility index (Phi) is 3.97. The van der Waals surface area contributed by atoms with E-state index in [-0.39, 0.29) is 12.9 Å². The minimum Gasteiger partial charge on any atom is -0.454 e. The molecular formula is C14H15ClN2O3. The Balaban J connectivity index is 1.72. The molecule has 1 fully saturated rings. The van der Waals surface area contributed by atoms with E-state index in [0.717, 1.165) is 25.0 Å². The first-order valence-electron chi connectivity index (χ1n) is 6.61. The quantitative estimate of drug-likeness (QED) is 0.924. The van der Waals surface area contributed by atoms with Crippen molar-refractivity contribution in [1.29, 1.82) is 5.26 Å². The van der Waals surface area contributed by atoms with Gasteiger partial charge in [0.25, 0.3) is 0 Å². The van der Waals surface area contributed by atoms with Gasteiger partial charge in [-0.25, -0.2) is 0 Å². The van der Waals surface area contributed by atoms with Crippen LogP contribution >= 0.6 is 11.6 Å². The Labute approximate surface area is 122 Å². The molecule has 2 aliphatic rings. The average molecular weight is 295 g/mol. The van der Waals surface area contributed by atoms with Crippen molar-refractivity contribution in [1.82, 2.24) is 5.32 Å². The highest BCUT2D eigenvalue weighted by Crippen LogP contribution is 2.41. The highest BCUT2D eigenvalue weighted by molar-refractivity contribution is 6.32. The summed E-state index contributed by atoms with van der Waals surface area (Å²) in [6.07, 6.45) is 2.31. The molecule has 0 aromatic heterocycles. The monoisotopic (exact) mass is 294 g/mol. The van der Waals surface area contributed by atoms with E-state index in [1.165, 1.54) is 0 Å². The van der Waals surface area contributed by atoms with E-state index in [2.05, 4.69) is 11.4 Å². The zero-order chi connectivity index (χ0) is 13.9. The minimum atomic E-state index is -0.439. The van der Waals surface area contributed by atoms with E-state index in [4.69, 9.17) is 25.8 Å². The molecule has 2 atom stereocenters. The van der Waals surface area contributed by atoms with E-state index in [9.17, 15) is 5.26 Å². The number of halogens is 1. The van der Waals surface area contributed by atoms with Crippen LogP contribution in [0.4, 0.5) is 0 Å². The van der Waals surface area contributed by atoms with Gasteiger partial charge in [-0.1, -0.05) is 11.6 Å². The van der Waals surface area contributed by atoms with Crippen molar-refractivity contribution in [2.75, 3.05) is 19.9 Å². The molecule has 106 valence electrons. The molecule has 1 saturated heterocycles. The smallest absolute Gasteiger partial charge is 0.231 e. The Morgan fingerprint density at radius 3 is 3.10 bits per heavy atom. The van der Waals surface area contributed by atoms with Crippen LogP contribution in [0.25, 0.3) is 0 Å². The standard InChI is InChI=1S/C14H15ClN2O3/c15-11-4-9(5-13-14(11)20-8-19-13)12(6-16)17-7-10-2-1-3-18-10/h4-5,10,12,17H,1-3,7-8H2. The first kappa shape index (κ1) is 13.5. The summed E-state index contributed by atoms with van der Waals surface area (Å²) in [6.45, 7) is 1.63. The molecule has 1 N–H and O–H groups in total. The molecular weight excluding hydrogens is 280 g/mol. The summed E-state index contributed by atoms with van der Waals surface area (Å²) in [5, 5.41) is 13.0. The number of nitrogens with zero attached hydrogens (tertiary/aromatic N) is 1. The molecule has 3 rings (SSSR count). The largest absolute Gasteiger partial charge is 0.454 e. The minimum absolute atomic E-state index is 0.166. The lowest BCUT2D eigenvalue weighted by Gasteiger charge is -2.16. The van der Waals surface area contributed by atoms with E-state index >= 15 is 0 Å². The molecule has 2 unspecified atom stereocenters. The summed E-state index contributed by atoms with van der Waals surface area (Å²) < 4.78 is 16.1. The second kappa shape index (κ2) is 5.88. The maximum atomic E-state index is 9.32. The van der Waals surface area contributed by atoms with Crippen LogP contribution in [0.1, 0.15) is 24.4 Å². The average Bonchev–Trinajstić information content (AvgIpc) is 3.10. The molecule has 0 spiro atoms. The summed E-state index contributed by atoms with van der Waals surface area (Å²) in [5.74, 6) is 1.14. The zero-order valence-corrected chi connectivity index (χ0v) is 11.7. The number of nitriles is 1. The first-order chi connectivity index (χ1) is 9.78. The molecule has 2 heterocycles. The Bertz CT molecular complexity index is 538. The van der Waals surface area contributed by atoms with Gasteiger partial charge in [-0.15, -0.1) is 0 Å². The van der Waals surface area contributed by atoms with Crippen LogP contribution in [0.15, 0.2) is 12.1 Å². The highest BCUT2D eigenvalue weighted by atomic mass is 35.5. The molecule has 0 aliphatic carbocycles. The lowest BCUT2D eigenvalue weighted by atomic mass is 10.1. The number of hydrogen-bond donors (Lipinski definition) is 1. The van der Waals surface area contributed by atoms with E-state index < -0.39 is 6.04 Å². The zero-order valence-electron chi connectivity index (χ0n) is 10.9. The number of ether oxygens (including phenoxy) is 3. The van der Waals surface area contributed by atoms with Crippen molar-refractivity contribution in [2.45, 2.75) is 25.0 Å². The fourth-order valence-corrected chi connectivity index (χ4v) is 2.72. The van der Waals surface area contributed by atoms with Crippen LogP contribution in [0.5, 0.6) is 11.5 Å². The summed E-state index contributed by atoms with van der Waals surface area (Å²) in [4.78, 5) is 0. The van der Waals surface area contributed by atoms with Crippen LogP contribution in [-0.2, 0) is 4.74 Å². The van der Waals surface area contributed by atoms with Gasteiger partial charge in [-0.3, -0.25) is 5.32 Å². The summed E-state index contributed by atoms with van der Waals surface area (Å²) in [5.41, 5.74) is 0.778. The third kappa shape index (κ3) is 2.68. The number of nitrogens with one attached hydrogen (secondary N) is 1. The predicted molar refractivity (Wildman–Crippen MR) is 72.9 cm³/mol. The molecule has 2 aliphatic heterocycles. The van der Waals surface area contributed by atoms with Crippen molar-refractivity contribution in [3.05, 3.63) is 22.7 Å². The van der Waals surface area contributed by atoms with Crippen LogP contribution in [0, 0.1) is 11.3 Å². The fraction of sp³-hybridized carbons (Fsp3) is 0.500.